The number of likely N-dealkylation sites (N-methyl/N-ethyl adjacent to an activating group) is 2. The summed E-state index contributed by atoms with van der Waals surface area (Å²) in [7, 11) is 2.75. The van der Waals surface area contributed by atoms with Gasteiger partial charge in [0.1, 0.15) is 6.61 Å². The van der Waals surface area contributed by atoms with Crippen molar-refractivity contribution < 1.29 is 19.5 Å². The number of amides is 2. The summed E-state index contributed by atoms with van der Waals surface area (Å²) in [6, 6.07) is 13.8. The molecule has 0 spiro atoms. The zero-order valence-corrected chi connectivity index (χ0v) is 15.0. The van der Waals surface area contributed by atoms with E-state index in [4.69, 9.17) is 5.11 Å². The first-order chi connectivity index (χ1) is 12.4. The summed E-state index contributed by atoms with van der Waals surface area (Å²) in [6.45, 7) is 0.984. The number of aryl methyl sites for hydroxylation is 1. The minimum absolute atomic E-state index is 0.395. The van der Waals surface area contributed by atoms with Crippen LogP contribution in [0.5, 0.6) is 0 Å². The summed E-state index contributed by atoms with van der Waals surface area (Å²) in [4.78, 5) is 37.8. The third-order valence-electron chi connectivity index (χ3n) is 4.23. The molecule has 136 valence electrons. The van der Waals surface area contributed by atoms with Crippen LogP contribution in [0, 0.1) is 6.92 Å². The summed E-state index contributed by atoms with van der Waals surface area (Å²) < 4.78 is 0. The molecule has 2 amide bonds. The number of aliphatic hydroxyl groups excluding tert-OH is 1. The SMILES string of the molecule is CNC(=O)C(C(=O)CO)N(C)C(=O)c1ccc(-c2ccccc2)cc1C. The molecule has 0 aliphatic heterocycles. The maximum atomic E-state index is 12.8. The summed E-state index contributed by atoms with van der Waals surface area (Å²) in [5.74, 6) is -1.84. The van der Waals surface area contributed by atoms with Crippen molar-refractivity contribution in [1.82, 2.24) is 10.2 Å². The Hall–Kier alpha value is -2.99. The number of ketones is 1. The molecule has 0 fully saturated rings. The number of nitrogens with zero attached hydrogens (tertiary/aromatic N) is 1. The highest BCUT2D eigenvalue weighted by Gasteiger charge is 2.33. The number of benzene rings is 2. The standard InChI is InChI=1S/C20H22N2O4/c1-13-11-15(14-7-5-4-6-8-14)9-10-16(13)20(26)22(3)18(17(24)12-23)19(25)21-2/h4-11,18,23H,12H2,1-3H3,(H,21,25). The van der Waals surface area contributed by atoms with Gasteiger partial charge in [-0.2, -0.15) is 0 Å². The second-order valence-electron chi connectivity index (χ2n) is 5.95. The van der Waals surface area contributed by atoms with Crippen LogP contribution in [0.3, 0.4) is 0 Å². The number of hydrogen-bond acceptors (Lipinski definition) is 4. The van der Waals surface area contributed by atoms with Crippen molar-refractivity contribution in [3.05, 3.63) is 59.7 Å². The van der Waals surface area contributed by atoms with Crippen LogP contribution in [0.25, 0.3) is 11.1 Å². The molecule has 2 aromatic carbocycles. The number of hydrogen-bond donors (Lipinski definition) is 2. The Bertz CT molecular complexity index is 802. The number of carbonyl (C=O) groups is 3. The lowest BCUT2D eigenvalue weighted by atomic mass is 9.98. The van der Waals surface area contributed by atoms with Crippen molar-refractivity contribution in [3.63, 3.8) is 0 Å². The lowest BCUT2D eigenvalue weighted by Crippen LogP contribution is -2.52. The molecular formula is C20H22N2O4. The Morgan fingerprint density at radius 1 is 1.08 bits per heavy atom. The molecule has 0 heterocycles. The van der Waals surface area contributed by atoms with Gasteiger partial charge >= 0.3 is 0 Å². The Morgan fingerprint density at radius 3 is 2.27 bits per heavy atom. The highest BCUT2D eigenvalue weighted by molar-refractivity contribution is 6.10. The molecule has 6 heteroatoms. The van der Waals surface area contributed by atoms with E-state index in [2.05, 4.69) is 5.32 Å². The predicted molar refractivity (Wildman–Crippen MR) is 98.7 cm³/mol. The molecule has 1 unspecified atom stereocenters. The lowest BCUT2D eigenvalue weighted by molar-refractivity contribution is -0.135. The molecule has 1 atom stereocenters. The second kappa shape index (κ2) is 8.40. The van der Waals surface area contributed by atoms with Crippen molar-refractivity contribution >= 4 is 17.6 Å². The zero-order valence-electron chi connectivity index (χ0n) is 15.0. The van der Waals surface area contributed by atoms with Crippen LogP contribution < -0.4 is 5.32 Å². The highest BCUT2D eigenvalue weighted by Crippen LogP contribution is 2.23. The first kappa shape index (κ1) is 19.3. The zero-order chi connectivity index (χ0) is 19.3. The van der Waals surface area contributed by atoms with Gasteiger partial charge in [0.05, 0.1) is 0 Å². The fourth-order valence-corrected chi connectivity index (χ4v) is 2.78. The van der Waals surface area contributed by atoms with Gasteiger partial charge in [-0.15, -0.1) is 0 Å². The van der Waals surface area contributed by atoms with Gasteiger partial charge in [0, 0.05) is 19.7 Å². The van der Waals surface area contributed by atoms with E-state index in [9.17, 15) is 14.4 Å². The van der Waals surface area contributed by atoms with E-state index < -0.39 is 30.2 Å². The molecule has 0 bridgehead atoms. The van der Waals surface area contributed by atoms with E-state index in [-0.39, 0.29) is 0 Å². The minimum Gasteiger partial charge on any atom is -0.388 e. The molecule has 0 saturated heterocycles. The monoisotopic (exact) mass is 354 g/mol. The van der Waals surface area contributed by atoms with E-state index in [0.29, 0.717) is 5.56 Å². The van der Waals surface area contributed by atoms with Crippen molar-refractivity contribution in [1.29, 1.82) is 0 Å². The number of nitrogens with one attached hydrogen (secondary N) is 1. The van der Waals surface area contributed by atoms with E-state index in [1.165, 1.54) is 14.1 Å². The number of rotatable bonds is 6. The molecule has 0 radical (unpaired) electrons. The van der Waals surface area contributed by atoms with Crippen molar-refractivity contribution in [2.75, 3.05) is 20.7 Å². The van der Waals surface area contributed by atoms with Gasteiger partial charge in [-0.25, -0.2) is 0 Å². The van der Waals surface area contributed by atoms with E-state index in [0.717, 1.165) is 21.6 Å². The quantitative estimate of drug-likeness (QED) is 0.768. The van der Waals surface area contributed by atoms with Crippen LogP contribution in [-0.2, 0) is 9.59 Å². The maximum Gasteiger partial charge on any atom is 0.254 e. The van der Waals surface area contributed by atoms with E-state index in [1.54, 1.807) is 13.0 Å². The molecule has 0 saturated carbocycles. The van der Waals surface area contributed by atoms with Gasteiger partial charge in [-0.3, -0.25) is 14.4 Å². The van der Waals surface area contributed by atoms with Crippen LogP contribution in [0.1, 0.15) is 15.9 Å². The van der Waals surface area contributed by atoms with Crippen molar-refractivity contribution in [3.8, 4) is 11.1 Å². The smallest absolute Gasteiger partial charge is 0.254 e. The number of Topliss-reactive ketones (excluding diaryl/α,β-unsaturated/α-hetero) is 1. The summed E-state index contributed by atoms with van der Waals surface area (Å²) in [5.41, 5.74) is 3.13. The van der Waals surface area contributed by atoms with Gasteiger partial charge < -0.3 is 15.3 Å². The number of aliphatic hydroxyl groups is 1. The van der Waals surface area contributed by atoms with E-state index in [1.807, 2.05) is 42.5 Å². The molecule has 2 N–H and O–H groups in total. The first-order valence-corrected chi connectivity index (χ1v) is 8.19. The topological polar surface area (TPSA) is 86.7 Å². The van der Waals surface area contributed by atoms with Gasteiger partial charge in [-0.05, 0) is 29.7 Å². The van der Waals surface area contributed by atoms with Crippen LogP contribution >= 0.6 is 0 Å². The van der Waals surface area contributed by atoms with Gasteiger partial charge in [0.15, 0.2) is 11.8 Å². The average molecular weight is 354 g/mol. The summed E-state index contributed by atoms with van der Waals surface area (Å²) in [5, 5.41) is 11.4. The van der Waals surface area contributed by atoms with Crippen molar-refractivity contribution in [2.24, 2.45) is 0 Å². The largest absolute Gasteiger partial charge is 0.388 e. The van der Waals surface area contributed by atoms with Crippen LogP contribution in [-0.4, -0.2) is 54.3 Å². The normalized spacial score (nSPS) is 11.5. The summed E-state index contributed by atoms with van der Waals surface area (Å²) >= 11 is 0. The molecule has 6 nitrogen and oxygen atoms in total. The van der Waals surface area contributed by atoms with Gasteiger partial charge in [-0.1, -0.05) is 42.5 Å². The minimum atomic E-state index is -1.37. The van der Waals surface area contributed by atoms with Crippen molar-refractivity contribution in [2.45, 2.75) is 13.0 Å². The molecule has 2 aromatic rings. The third kappa shape index (κ3) is 3.97. The van der Waals surface area contributed by atoms with Crippen LogP contribution in [0.2, 0.25) is 0 Å². The first-order valence-electron chi connectivity index (χ1n) is 8.19. The molecule has 0 aromatic heterocycles. The molecular weight excluding hydrogens is 332 g/mol. The maximum absolute atomic E-state index is 12.8. The molecule has 0 aliphatic carbocycles. The fraction of sp³-hybridized carbons (Fsp3) is 0.250. The Morgan fingerprint density at radius 2 is 1.73 bits per heavy atom. The van der Waals surface area contributed by atoms with Gasteiger partial charge in [0.2, 0.25) is 5.91 Å². The fourth-order valence-electron chi connectivity index (χ4n) is 2.78. The highest BCUT2D eigenvalue weighted by atomic mass is 16.3. The predicted octanol–water partition coefficient (Wildman–Crippen LogP) is 1.41. The second-order valence-corrected chi connectivity index (χ2v) is 5.95. The molecule has 26 heavy (non-hydrogen) atoms. The van der Waals surface area contributed by atoms with Gasteiger partial charge in [0.25, 0.3) is 5.91 Å². The Kier molecular flexibility index (Phi) is 6.25. The molecule has 2 rings (SSSR count). The third-order valence-corrected chi connectivity index (χ3v) is 4.23. The van der Waals surface area contributed by atoms with Crippen LogP contribution in [0.15, 0.2) is 48.5 Å². The summed E-state index contributed by atoms with van der Waals surface area (Å²) in [6.07, 6.45) is 0. The average Bonchev–Trinajstić information content (AvgIpc) is 2.67. The number of carbonyl (C=O) groups excluding carboxylic acids is 3. The van der Waals surface area contributed by atoms with Crippen LogP contribution in [0.4, 0.5) is 0 Å². The molecule has 0 aliphatic rings. The van der Waals surface area contributed by atoms with E-state index >= 15 is 0 Å². The Balaban J connectivity index is 2.33. The lowest BCUT2D eigenvalue weighted by Gasteiger charge is -2.26. The Labute approximate surface area is 152 Å².